The molecule has 0 N–H and O–H groups in total. The number of halogens is 3. The third-order valence-electron chi connectivity index (χ3n) is 5.13. The molecule has 0 bridgehead atoms. The average Bonchev–Trinajstić information content (AvgIpc) is 3.40. The van der Waals surface area contributed by atoms with Crippen LogP contribution in [-0.2, 0) is 6.54 Å². The molecular weight excluding hydrogens is 469 g/mol. The first-order valence-electron chi connectivity index (χ1n) is 9.67. The molecule has 2 aromatic heterocycles. The summed E-state index contributed by atoms with van der Waals surface area (Å²) in [5.74, 6) is -0.234. The number of carbonyl (C=O) groups excluding carboxylic acids is 1. The van der Waals surface area contributed by atoms with Gasteiger partial charge in [-0.25, -0.2) is 0 Å². The van der Waals surface area contributed by atoms with Gasteiger partial charge in [0.05, 0.1) is 17.6 Å². The molecule has 158 valence electrons. The van der Waals surface area contributed by atoms with Gasteiger partial charge in [-0.2, -0.15) is 4.98 Å². The van der Waals surface area contributed by atoms with E-state index in [1.807, 2.05) is 65.2 Å². The van der Waals surface area contributed by atoms with Crippen LogP contribution in [0.25, 0.3) is 22.3 Å². The van der Waals surface area contributed by atoms with E-state index in [4.69, 9.17) is 39.3 Å². The van der Waals surface area contributed by atoms with Crippen LogP contribution in [0.15, 0.2) is 77.3 Å². The average molecular weight is 483 g/mol. The maximum atomic E-state index is 13.4. The van der Waals surface area contributed by atoms with Gasteiger partial charge < -0.3 is 9.09 Å². The van der Waals surface area contributed by atoms with E-state index < -0.39 is 5.78 Å². The quantitative estimate of drug-likeness (QED) is 0.255. The van der Waals surface area contributed by atoms with Crippen molar-refractivity contribution in [1.82, 2.24) is 14.7 Å². The fraction of sp³-hybridized carbons (Fsp3) is 0.0417. The van der Waals surface area contributed by atoms with Crippen molar-refractivity contribution in [3.63, 3.8) is 0 Å². The zero-order valence-corrected chi connectivity index (χ0v) is 18.7. The SMILES string of the molecule is O=C(c1nc(-c2ccccc2)no1)c1c(Cl)n(Cc2ccc(Cl)cc2Cl)c2ccccc12. The van der Waals surface area contributed by atoms with E-state index in [2.05, 4.69) is 10.1 Å². The Morgan fingerprint density at radius 3 is 2.47 bits per heavy atom. The van der Waals surface area contributed by atoms with Crippen molar-refractivity contribution in [1.29, 1.82) is 0 Å². The third kappa shape index (κ3) is 3.69. The molecule has 8 heteroatoms. The fourth-order valence-corrected chi connectivity index (χ4v) is 4.40. The van der Waals surface area contributed by atoms with E-state index in [0.29, 0.717) is 33.4 Å². The largest absolute Gasteiger partial charge is 0.330 e. The summed E-state index contributed by atoms with van der Waals surface area (Å²) in [6.07, 6.45) is 0. The molecule has 5 aromatic rings. The highest BCUT2D eigenvalue weighted by atomic mass is 35.5. The van der Waals surface area contributed by atoms with Crippen LogP contribution in [0.2, 0.25) is 15.2 Å². The van der Waals surface area contributed by atoms with Crippen molar-refractivity contribution in [3.05, 3.63) is 105 Å². The Morgan fingerprint density at radius 2 is 1.69 bits per heavy atom. The number of benzene rings is 3. The Hall–Kier alpha value is -3.12. The van der Waals surface area contributed by atoms with Crippen LogP contribution in [-0.4, -0.2) is 20.5 Å². The van der Waals surface area contributed by atoms with Gasteiger partial charge in [-0.1, -0.05) is 94.6 Å². The molecule has 3 aromatic carbocycles. The first kappa shape index (κ1) is 20.8. The van der Waals surface area contributed by atoms with Crippen molar-refractivity contribution in [3.8, 4) is 11.4 Å². The van der Waals surface area contributed by atoms with Crippen molar-refractivity contribution < 1.29 is 9.32 Å². The maximum Gasteiger partial charge on any atom is 0.299 e. The van der Waals surface area contributed by atoms with Gasteiger partial charge in [-0.15, -0.1) is 0 Å². The van der Waals surface area contributed by atoms with Gasteiger partial charge in [0.25, 0.3) is 11.7 Å². The predicted molar refractivity (Wildman–Crippen MR) is 126 cm³/mol. The van der Waals surface area contributed by atoms with E-state index in [0.717, 1.165) is 16.6 Å². The summed E-state index contributed by atoms with van der Waals surface area (Å²) in [5.41, 5.74) is 2.66. The van der Waals surface area contributed by atoms with Gasteiger partial charge in [0, 0.05) is 21.0 Å². The number of fused-ring (bicyclic) bond motifs is 1. The smallest absolute Gasteiger partial charge is 0.299 e. The lowest BCUT2D eigenvalue weighted by atomic mass is 10.1. The summed E-state index contributed by atoms with van der Waals surface area (Å²) >= 11 is 19.1. The molecule has 32 heavy (non-hydrogen) atoms. The monoisotopic (exact) mass is 481 g/mol. The van der Waals surface area contributed by atoms with E-state index in [9.17, 15) is 4.79 Å². The highest BCUT2D eigenvalue weighted by Crippen LogP contribution is 2.34. The summed E-state index contributed by atoms with van der Waals surface area (Å²) in [4.78, 5) is 17.7. The van der Waals surface area contributed by atoms with E-state index in [-0.39, 0.29) is 11.0 Å². The molecule has 0 aliphatic rings. The summed E-state index contributed by atoms with van der Waals surface area (Å²) in [5, 5.41) is 5.97. The number of nitrogens with zero attached hydrogens (tertiary/aromatic N) is 3. The molecule has 0 aliphatic carbocycles. The number of aromatic nitrogens is 3. The second kappa shape index (κ2) is 8.43. The van der Waals surface area contributed by atoms with Gasteiger partial charge in [0.1, 0.15) is 5.15 Å². The Bertz CT molecular complexity index is 1460. The van der Waals surface area contributed by atoms with Gasteiger partial charge in [-0.3, -0.25) is 4.79 Å². The normalized spacial score (nSPS) is 11.2. The molecule has 0 amide bonds. The minimum atomic E-state index is -0.443. The van der Waals surface area contributed by atoms with Crippen LogP contribution in [0.1, 0.15) is 21.8 Å². The first-order valence-corrected chi connectivity index (χ1v) is 10.8. The summed E-state index contributed by atoms with van der Waals surface area (Å²) < 4.78 is 7.11. The Kier molecular flexibility index (Phi) is 5.47. The summed E-state index contributed by atoms with van der Waals surface area (Å²) in [7, 11) is 0. The number of ketones is 1. The van der Waals surface area contributed by atoms with Crippen LogP contribution in [0.3, 0.4) is 0 Å². The minimum Gasteiger partial charge on any atom is -0.330 e. The Balaban J connectivity index is 1.58. The van der Waals surface area contributed by atoms with Gasteiger partial charge in [-0.05, 0) is 23.8 Å². The molecule has 0 spiro atoms. The zero-order chi connectivity index (χ0) is 22.2. The van der Waals surface area contributed by atoms with Gasteiger partial charge in [0.15, 0.2) is 0 Å². The Labute approximate surface area is 198 Å². The number of carbonyl (C=O) groups is 1. The van der Waals surface area contributed by atoms with E-state index in [1.165, 1.54) is 0 Å². The molecule has 2 heterocycles. The lowest BCUT2D eigenvalue weighted by Crippen LogP contribution is -2.04. The molecule has 5 rings (SSSR count). The number of hydrogen-bond donors (Lipinski definition) is 0. The minimum absolute atomic E-state index is 0.127. The molecule has 0 saturated heterocycles. The molecule has 0 fully saturated rings. The highest BCUT2D eigenvalue weighted by molar-refractivity contribution is 6.37. The standard InChI is InChI=1S/C24H14Cl3N3O2/c25-16-11-10-15(18(26)12-16)13-30-19-9-5-4-8-17(19)20(22(30)27)21(31)24-28-23(29-32-24)14-6-2-1-3-7-14/h1-12H,13H2. The topological polar surface area (TPSA) is 60.9 Å². The molecule has 0 saturated carbocycles. The molecule has 0 unspecified atom stereocenters. The van der Waals surface area contributed by atoms with E-state index in [1.54, 1.807) is 12.1 Å². The van der Waals surface area contributed by atoms with Crippen molar-refractivity contribution >= 4 is 51.5 Å². The number of rotatable bonds is 5. The van der Waals surface area contributed by atoms with Crippen LogP contribution in [0.5, 0.6) is 0 Å². The van der Waals surface area contributed by atoms with Crippen molar-refractivity contribution in [2.45, 2.75) is 6.54 Å². The maximum absolute atomic E-state index is 13.4. The molecular formula is C24H14Cl3N3O2. The predicted octanol–water partition coefficient (Wildman–Crippen LogP) is 6.93. The Morgan fingerprint density at radius 1 is 0.938 bits per heavy atom. The van der Waals surface area contributed by atoms with Crippen LogP contribution in [0.4, 0.5) is 0 Å². The molecule has 0 radical (unpaired) electrons. The van der Waals surface area contributed by atoms with Gasteiger partial charge in [0.2, 0.25) is 5.82 Å². The van der Waals surface area contributed by atoms with Crippen molar-refractivity contribution in [2.24, 2.45) is 0 Å². The summed E-state index contributed by atoms with van der Waals surface area (Å²) in [6.45, 7) is 0.363. The first-order chi connectivity index (χ1) is 15.5. The lowest BCUT2D eigenvalue weighted by molar-refractivity contribution is 0.0995. The van der Waals surface area contributed by atoms with Crippen LogP contribution in [0, 0.1) is 0 Å². The fourth-order valence-electron chi connectivity index (χ4n) is 3.59. The zero-order valence-electron chi connectivity index (χ0n) is 16.4. The molecule has 0 atom stereocenters. The summed E-state index contributed by atoms with van der Waals surface area (Å²) in [6, 6.07) is 22.0. The van der Waals surface area contributed by atoms with Crippen molar-refractivity contribution in [2.75, 3.05) is 0 Å². The van der Waals surface area contributed by atoms with Crippen LogP contribution >= 0.6 is 34.8 Å². The molecule has 0 aliphatic heterocycles. The van der Waals surface area contributed by atoms with E-state index >= 15 is 0 Å². The highest BCUT2D eigenvalue weighted by Gasteiger charge is 2.27. The van der Waals surface area contributed by atoms with Gasteiger partial charge >= 0.3 is 0 Å². The number of para-hydroxylation sites is 1. The third-order valence-corrected chi connectivity index (χ3v) is 6.11. The lowest BCUT2D eigenvalue weighted by Gasteiger charge is -2.09. The number of hydrogen-bond acceptors (Lipinski definition) is 4. The second-order valence-corrected chi connectivity index (χ2v) is 8.32. The molecule has 5 nitrogen and oxygen atoms in total. The van der Waals surface area contributed by atoms with Crippen LogP contribution < -0.4 is 0 Å². The second-order valence-electron chi connectivity index (χ2n) is 7.12.